The van der Waals surface area contributed by atoms with E-state index < -0.39 is 16.6 Å². The number of benzene rings is 1. The molecule has 2 rings (SSSR count). The lowest BCUT2D eigenvalue weighted by Crippen LogP contribution is -2.35. The molecule has 228 valence electrons. The average Bonchev–Trinajstić information content (AvgIpc) is 2.91. The van der Waals surface area contributed by atoms with Gasteiger partial charge in [0.1, 0.15) is 22.7 Å². The second-order valence-electron chi connectivity index (χ2n) is 10.6. The van der Waals surface area contributed by atoms with Crippen LogP contribution >= 0.6 is 11.6 Å². The number of nitro benzene ring substituents is 1. The highest BCUT2D eigenvalue weighted by molar-refractivity contribution is 6.31. The Hall–Kier alpha value is -4.16. The van der Waals surface area contributed by atoms with Crippen LogP contribution in [0.15, 0.2) is 55.9 Å². The van der Waals surface area contributed by atoms with E-state index in [9.17, 15) is 14.9 Å². The number of methoxy groups -OCH3 is 1. The first kappa shape index (κ1) is 34.0. The number of amides is 1. The summed E-state index contributed by atoms with van der Waals surface area (Å²) in [7, 11) is 6.98. The van der Waals surface area contributed by atoms with E-state index in [2.05, 4.69) is 28.4 Å². The predicted molar refractivity (Wildman–Crippen MR) is 167 cm³/mol. The zero-order valence-electron chi connectivity index (χ0n) is 25.3. The van der Waals surface area contributed by atoms with Crippen LogP contribution in [0.25, 0.3) is 0 Å². The van der Waals surface area contributed by atoms with Gasteiger partial charge >= 0.3 is 6.09 Å². The van der Waals surface area contributed by atoms with Crippen molar-refractivity contribution < 1.29 is 19.2 Å². The molecule has 2 aromatic rings. The quantitative estimate of drug-likeness (QED) is 0.164. The first-order valence-corrected chi connectivity index (χ1v) is 13.5. The van der Waals surface area contributed by atoms with Crippen LogP contribution in [0, 0.1) is 10.1 Å². The number of aromatic nitrogens is 2. The average molecular weight is 602 g/mol. The number of allylic oxidation sites excluding steroid dienone is 2. The van der Waals surface area contributed by atoms with Crippen LogP contribution < -0.4 is 19.9 Å². The number of nitrogens with zero attached hydrogens (tertiary/aromatic N) is 6. The summed E-state index contributed by atoms with van der Waals surface area (Å²) in [5.41, 5.74) is -0.402. The van der Waals surface area contributed by atoms with Gasteiger partial charge in [-0.25, -0.2) is 19.7 Å². The number of carbonyl (C=O) groups is 1. The largest absolute Gasteiger partial charge is 0.494 e. The van der Waals surface area contributed by atoms with Crippen LogP contribution in [-0.2, 0) is 4.74 Å². The fourth-order valence-electron chi connectivity index (χ4n) is 3.82. The monoisotopic (exact) mass is 601 g/mol. The van der Waals surface area contributed by atoms with Crippen LogP contribution in [0.4, 0.5) is 27.8 Å². The van der Waals surface area contributed by atoms with Gasteiger partial charge in [-0.15, -0.1) is 0 Å². The van der Waals surface area contributed by atoms with Gasteiger partial charge in [-0.2, -0.15) is 0 Å². The molecule has 0 saturated carbocycles. The Bertz CT molecular complexity index is 1310. The number of hydrogen-bond acceptors (Lipinski definition) is 10. The van der Waals surface area contributed by atoms with Crippen molar-refractivity contribution in [3.63, 3.8) is 0 Å². The Morgan fingerprint density at radius 1 is 1.21 bits per heavy atom. The summed E-state index contributed by atoms with van der Waals surface area (Å²) in [6.07, 6.45) is 7.24. The van der Waals surface area contributed by atoms with Crippen molar-refractivity contribution >= 4 is 40.7 Å². The lowest BCUT2D eigenvalue weighted by atomic mass is 10.0. The molecule has 42 heavy (non-hydrogen) atoms. The molecule has 0 fully saturated rings. The molecule has 1 aromatic heterocycles. The number of nitrogens with one attached hydrogen (secondary N) is 1. The highest BCUT2D eigenvalue weighted by atomic mass is 35.5. The van der Waals surface area contributed by atoms with Gasteiger partial charge in [-0.3, -0.25) is 10.1 Å². The Balaban J connectivity index is 2.84. The maximum atomic E-state index is 13.7. The first-order valence-electron chi connectivity index (χ1n) is 13.1. The lowest BCUT2D eigenvalue weighted by molar-refractivity contribution is -0.384. The van der Waals surface area contributed by atoms with Crippen LogP contribution in [0.2, 0.25) is 5.02 Å². The molecule has 0 aliphatic heterocycles. The minimum atomic E-state index is -0.904. The minimum Gasteiger partial charge on any atom is -0.494 e. The number of halogens is 1. The van der Waals surface area contributed by atoms with Gasteiger partial charge < -0.3 is 24.6 Å². The summed E-state index contributed by atoms with van der Waals surface area (Å²) in [6.45, 7) is 14.1. The number of anilines is 3. The van der Waals surface area contributed by atoms with Gasteiger partial charge in [0.15, 0.2) is 0 Å². The van der Waals surface area contributed by atoms with Crippen molar-refractivity contribution in [2.45, 2.75) is 32.3 Å². The molecular formula is C29H40ClN7O5. The zero-order chi connectivity index (χ0) is 31.6. The van der Waals surface area contributed by atoms with Gasteiger partial charge in [0, 0.05) is 44.7 Å². The zero-order valence-corrected chi connectivity index (χ0v) is 26.0. The molecule has 12 nitrogen and oxygen atoms in total. The van der Waals surface area contributed by atoms with Crippen molar-refractivity contribution in [2.75, 3.05) is 57.7 Å². The van der Waals surface area contributed by atoms with E-state index in [0.717, 1.165) is 4.90 Å². The topological polar surface area (TPSA) is 126 Å². The number of nitro groups is 1. The Morgan fingerprint density at radius 2 is 1.90 bits per heavy atom. The number of hydrogen-bond donors (Lipinski definition) is 1. The summed E-state index contributed by atoms with van der Waals surface area (Å²) < 4.78 is 11.3. The Morgan fingerprint density at radius 3 is 2.45 bits per heavy atom. The molecule has 0 spiro atoms. The van der Waals surface area contributed by atoms with E-state index in [1.54, 1.807) is 51.1 Å². The Kier molecular flexibility index (Phi) is 12.3. The molecular weight excluding hydrogens is 562 g/mol. The van der Waals surface area contributed by atoms with Crippen molar-refractivity contribution in [3.8, 4) is 5.75 Å². The van der Waals surface area contributed by atoms with E-state index in [0.29, 0.717) is 31.0 Å². The van der Waals surface area contributed by atoms with E-state index in [1.807, 2.05) is 25.1 Å². The number of likely N-dealkylation sites (N-methyl/N-ethyl adjacent to an activating group) is 2. The van der Waals surface area contributed by atoms with Crippen LogP contribution in [0.5, 0.6) is 5.75 Å². The summed E-state index contributed by atoms with van der Waals surface area (Å²) in [4.78, 5) is 39.2. The molecule has 1 atom stereocenters. The number of carbonyl (C=O) groups excluding carboxylic acids is 1. The molecule has 1 amide bonds. The van der Waals surface area contributed by atoms with E-state index in [4.69, 9.17) is 21.1 Å². The minimum absolute atomic E-state index is 0.0267. The SMILES string of the molecule is C=C/C=C\C(CNC=C)c1nc(N(C(=O)OC(C)(C)C)c2cc([N+](=O)[O-])c(N(C)CCN(C)C)cc2OC)ncc1Cl. The van der Waals surface area contributed by atoms with Crippen LogP contribution in [-0.4, -0.2) is 79.4 Å². The van der Waals surface area contributed by atoms with Crippen molar-refractivity contribution in [1.82, 2.24) is 20.2 Å². The van der Waals surface area contributed by atoms with Crippen molar-refractivity contribution in [2.24, 2.45) is 0 Å². The van der Waals surface area contributed by atoms with Gasteiger partial charge in [-0.1, -0.05) is 43.0 Å². The molecule has 0 aliphatic rings. The molecule has 1 heterocycles. The summed E-state index contributed by atoms with van der Waals surface area (Å²) in [5, 5.41) is 15.6. The van der Waals surface area contributed by atoms with Crippen LogP contribution in [0.1, 0.15) is 32.4 Å². The summed E-state index contributed by atoms with van der Waals surface area (Å²) in [5.74, 6) is -0.296. The third-order valence-electron chi connectivity index (χ3n) is 5.85. The van der Waals surface area contributed by atoms with Crippen molar-refractivity contribution in [1.29, 1.82) is 0 Å². The Labute approximate surface area is 252 Å². The van der Waals surface area contributed by atoms with Gasteiger partial charge in [0.05, 0.1) is 28.9 Å². The molecule has 0 saturated heterocycles. The number of rotatable bonds is 14. The lowest BCUT2D eigenvalue weighted by Gasteiger charge is -2.28. The maximum Gasteiger partial charge on any atom is 0.422 e. The standard InChI is InChI=1S/C29H40ClN7O5/c1-10-12-13-20(18-31-11-2)26-21(30)19-32-27(33-26)36(28(38)42-29(3,4)5)24-16-23(37(39)40)22(17-25(24)41-9)35(8)15-14-34(6)7/h10-13,16-17,19-20,31H,1-2,14-15,18H2,3-9H3/b13-12-. The summed E-state index contributed by atoms with van der Waals surface area (Å²) >= 11 is 6.52. The van der Waals surface area contributed by atoms with E-state index in [-0.39, 0.29) is 34.0 Å². The maximum absolute atomic E-state index is 13.7. The number of ether oxygens (including phenoxy) is 2. The molecule has 0 radical (unpaired) electrons. The van der Waals surface area contributed by atoms with Gasteiger partial charge in [-0.05, 0) is 41.1 Å². The third kappa shape index (κ3) is 9.18. The van der Waals surface area contributed by atoms with E-state index >= 15 is 0 Å². The highest BCUT2D eigenvalue weighted by Gasteiger charge is 2.33. The molecule has 1 N–H and O–H groups in total. The normalized spacial score (nSPS) is 12.1. The van der Waals surface area contributed by atoms with E-state index in [1.165, 1.54) is 25.4 Å². The smallest absolute Gasteiger partial charge is 0.422 e. The second-order valence-corrected chi connectivity index (χ2v) is 11.0. The molecule has 13 heteroatoms. The third-order valence-corrected chi connectivity index (χ3v) is 6.15. The molecule has 1 unspecified atom stereocenters. The fraction of sp³-hybridized carbons (Fsp3) is 0.414. The highest BCUT2D eigenvalue weighted by Crippen LogP contribution is 2.42. The van der Waals surface area contributed by atoms with Gasteiger partial charge in [0.2, 0.25) is 5.95 Å². The summed E-state index contributed by atoms with van der Waals surface area (Å²) in [6, 6.07) is 2.78. The van der Waals surface area contributed by atoms with Gasteiger partial charge in [0.25, 0.3) is 5.69 Å². The first-order chi connectivity index (χ1) is 19.7. The second kappa shape index (κ2) is 15.2. The fourth-order valence-corrected chi connectivity index (χ4v) is 4.05. The predicted octanol–water partition coefficient (Wildman–Crippen LogP) is 5.68. The molecule has 0 bridgehead atoms. The molecule has 0 aliphatic carbocycles. The van der Waals surface area contributed by atoms with Crippen molar-refractivity contribution in [3.05, 3.63) is 76.7 Å². The molecule has 1 aromatic carbocycles. The van der Waals surface area contributed by atoms with Crippen LogP contribution in [0.3, 0.4) is 0 Å².